The van der Waals surface area contributed by atoms with E-state index >= 15 is 0 Å². The van der Waals surface area contributed by atoms with Gasteiger partial charge < -0.3 is 0 Å². The van der Waals surface area contributed by atoms with Crippen molar-refractivity contribution in [3.05, 3.63) is 70.0 Å². The van der Waals surface area contributed by atoms with Crippen molar-refractivity contribution in [3.8, 4) is 0 Å². The maximum Gasteiger partial charge on any atom is 0.273 e. The number of rotatable bonds is 5. The van der Waals surface area contributed by atoms with Crippen LogP contribution in [0.25, 0.3) is 0 Å². The van der Waals surface area contributed by atoms with E-state index in [1.54, 1.807) is 43.6 Å². The number of hydrazone groups is 1. The number of pyridine rings is 1. The molecule has 7 nitrogen and oxygen atoms in total. The summed E-state index contributed by atoms with van der Waals surface area (Å²) < 4.78 is 0. The highest BCUT2D eigenvalue weighted by Gasteiger charge is 2.15. The van der Waals surface area contributed by atoms with Gasteiger partial charge in [-0.2, -0.15) is 5.10 Å². The molecule has 22 heavy (non-hydrogen) atoms. The molecular formula is C15H14N4O3. The van der Waals surface area contributed by atoms with Crippen molar-refractivity contribution in [1.29, 1.82) is 0 Å². The summed E-state index contributed by atoms with van der Waals surface area (Å²) in [6.45, 7) is 1.74. The number of para-hydroxylation sites is 1. The third kappa shape index (κ3) is 3.95. The number of carbonyl (C=O) groups excluding carboxylic acids is 1. The van der Waals surface area contributed by atoms with Crippen LogP contribution < -0.4 is 5.43 Å². The van der Waals surface area contributed by atoms with E-state index in [2.05, 4.69) is 15.5 Å². The molecular weight excluding hydrogens is 284 g/mol. The van der Waals surface area contributed by atoms with Crippen LogP contribution in [0, 0.1) is 10.1 Å². The Morgan fingerprint density at radius 1 is 1.32 bits per heavy atom. The normalized spacial score (nSPS) is 11.0. The van der Waals surface area contributed by atoms with Gasteiger partial charge in [-0.1, -0.05) is 24.3 Å². The lowest BCUT2D eigenvalue weighted by Crippen LogP contribution is -2.21. The topological polar surface area (TPSA) is 97.5 Å². The van der Waals surface area contributed by atoms with E-state index in [-0.39, 0.29) is 12.1 Å². The molecule has 1 aromatic heterocycles. The van der Waals surface area contributed by atoms with Crippen molar-refractivity contribution in [2.75, 3.05) is 0 Å². The molecule has 0 aliphatic heterocycles. The highest BCUT2D eigenvalue weighted by molar-refractivity contribution is 5.99. The summed E-state index contributed by atoms with van der Waals surface area (Å²) in [5.74, 6) is -0.419. The van der Waals surface area contributed by atoms with Crippen LogP contribution >= 0.6 is 0 Å². The third-order valence-electron chi connectivity index (χ3n) is 2.97. The zero-order valence-corrected chi connectivity index (χ0v) is 11.9. The first-order valence-corrected chi connectivity index (χ1v) is 6.53. The van der Waals surface area contributed by atoms with Crippen LogP contribution in [0.1, 0.15) is 18.1 Å². The highest BCUT2D eigenvalue weighted by atomic mass is 16.6. The van der Waals surface area contributed by atoms with Gasteiger partial charge in [0.1, 0.15) is 0 Å². The Balaban J connectivity index is 2.04. The van der Waals surface area contributed by atoms with Gasteiger partial charge in [-0.15, -0.1) is 0 Å². The molecule has 0 radical (unpaired) electrons. The number of nitrogens with one attached hydrogen (secondary N) is 1. The van der Waals surface area contributed by atoms with Crippen LogP contribution in [0.4, 0.5) is 5.69 Å². The Hall–Kier alpha value is -3.09. The fraction of sp³-hybridized carbons (Fsp3) is 0.133. The summed E-state index contributed by atoms with van der Waals surface area (Å²) in [6, 6.07) is 9.72. The van der Waals surface area contributed by atoms with Gasteiger partial charge in [-0.3, -0.25) is 19.9 Å². The van der Waals surface area contributed by atoms with E-state index in [9.17, 15) is 14.9 Å². The summed E-state index contributed by atoms with van der Waals surface area (Å²) in [6.07, 6.45) is 3.16. The zero-order valence-electron chi connectivity index (χ0n) is 11.9. The number of nitrogens with zero attached hydrogens (tertiary/aromatic N) is 3. The molecule has 0 aliphatic rings. The molecule has 7 heteroatoms. The largest absolute Gasteiger partial charge is 0.273 e. The standard InChI is InChI=1S/C15H14N4O3/c1-11(13-6-4-8-16-10-13)17-18-15(20)9-12-5-2-3-7-14(12)19(21)22/h2-8,10H,9H2,1H3,(H,18,20)/b17-11+. The third-order valence-corrected chi connectivity index (χ3v) is 2.97. The van der Waals surface area contributed by atoms with Gasteiger partial charge in [-0.25, -0.2) is 5.43 Å². The Bertz CT molecular complexity index is 714. The van der Waals surface area contributed by atoms with E-state index in [1.807, 2.05) is 6.07 Å². The van der Waals surface area contributed by atoms with Gasteiger partial charge in [0.2, 0.25) is 5.91 Å². The first-order chi connectivity index (χ1) is 10.6. The van der Waals surface area contributed by atoms with Gasteiger partial charge in [0.15, 0.2) is 0 Å². The molecule has 2 rings (SSSR count). The molecule has 0 aliphatic carbocycles. The maximum absolute atomic E-state index is 11.9. The van der Waals surface area contributed by atoms with Crippen LogP contribution in [0.15, 0.2) is 53.9 Å². The molecule has 0 unspecified atom stereocenters. The highest BCUT2D eigenvalue weighted by Crippen LogP contribution is 2.17. The minimum atomic E-state index is -0.507. The molecule has 1 aromatic carbocycles. The number of hydrogen-bond donors (Lipinski definition) is 1. The molecule has 0 saturated heterocycles. The number of aromatic nitrogens is 1. The second-order valence-corrected chi connectivity index (χ2v) is 4.54. The van der Waals surface area contributed by atoms with E-state index in [4.69, 9.17) is 0 Å². The smallest absolute Gasteiger partial charge is 0.273 e. The molecule has 112 valence electrons. The molecule has 0 bridgehead atoms. The summed E-state index contributed by atoms with van der Waals surface area (Å²) in [5, 5.41) is 14.9. The quantitative estimate of drug-likeness (QED) is 0.519. The summed E-state index contributed by atoms with van der Waals surface area (Å²) in [4.78, 5) is 26.2. The fourth-order valence-corrected chi connectivity index (χ4v) is 1.84. The lowest BCUT2D eigenvalue weighted by Gasteiger charge is -2.03. The Morgan fingerprint density at radius 3 is 2.77 bits per heavy atom. The molecule has 0 fully saturated rings. The molecule has 1 heterocycles. The van der Waals surface area contributed by atoms with Crippen LogP contribution in [-0.2, 0) is 11.2 Å². The van der Waals surface area contributed by atoms with Crippen molar-refractivity contribution in [1.82, 2.24) is 10.4 Å². The number of hydrogen-bond acceptors (Lipinski definition) is 5. The van der Waals surface area contributed by atoms with Gasteiger partial charge in [-0.05, 0) is 13.0 Å². The van der Waals surface area contributed by atoms with Crippen LogP contribution in [0.5, 0.6) is 0 Å². The van der Waals surface area contributed by atoms with E-state index in [0.29, 0.717) is 11.3 Å². The lowest BCUT2D eigenvalue weighted by molar-refractivity contribution is -0.385. The molecule has 2 aromatic rings. The lowest BCUT2D eigenvalue weighted by atomic mass is 10.1. The molecule has 0 spiro atoms. The van der Waals surface area contributed by atoms with Crippen LogP contribution in [-0.4, -0.2) is 21.5 Å². The van der Waals surface area contributed by atoms with Crippen LogP contribution in [0.3, 0.4) is 0 Å². The predicted molar refractivity (Wildman–Crippen MR) is 81.4 cm³/mol. The zero-order chi connectivity index (χ0) is 15.9. The number of amides is 1. The Kier molecular flexibility index (Phi) is 4.92. The second-order valence-electron chi connectivity index (χ2n) is 4.54. The van der Waals surface area contributed by atoms with Crippen molar-refractivity contribution in [2.45, 2.75) is 13.3 Å². The summed E-state index contributed by atoms with van der Waals surface area (Å²) >= 11 is 0. The molecule has 1 N–H and O–H groups in total. The second kappa shape index (κ2) is 7.07. The average Bonchev–Trinajstić information content (AvgIpc) is 2.53. The van der Waals surface area contributed by atoms with Crippen LogP contribution in [0.2, 0.25) is 0 Å². The first-order valence-electron chi connectivity index (χ1n) is 6.53. The molecule has 0 saturated carbocycles. The summed E-state index contributed by atoms with van der Waals surface area (Å²) in [5.41, 5.74) is 4.05. The van der Waals surface area contributed by atoms with E-state index in [1.165, 1.54) is 6.07 Å². The fourth-order valence-electron chi connectivity index (χ4n) is 1.84. The summed E-state index contributed by atoms with van der Waals surface area (Å²) in [7, 11) is 0. The predicted octanol–water partition coefficient (Wildman–Crippen LogP) is 2.07. The number of carbonyl (C=O) groups is 1. The maximum atomic E-state index is 11.9. The van der Waals surface area contributed by atoms with Gasteiger partial charge in [0, 0.05) is 29.6 Å². The Labute approximate surface area is 126 Å². The first kappa shape index (κ1) is 15.3. The van der Waals surface area contributed by atoms with Crippen molar-refractivity contribution < 1.29 is 9.72 Å². The minimum absolute atomic E-state index is 0.0781. The van der Waals surface area contributed by atoms with Crippen molar-refractivity contribution in [2.24, 2.45) is 5.10 Å². The SMILES string of the molecule is C/C(=N\NC(=O)Cc1ccccc1[N+](=O)[O-])c1cccnc1. The Morgan fingerprint density at radius 2 is 2.09 bits per heavy atom. The van der Waals surface area contributed by atoms with Gasteiger partial charge >= 0.3 is 0 Å². The van der Waals surface area contributed by atoms with Gasteiger partial charge in [0.05, 0.1) is 17.1 Å². The van der Waals surface area contributed by atoms with E-state index in [0.717, 1.165) is 5.56 Å². The monoisotopic (exact) mass is 298 g/mol. The van der Waals surface area contributed by atoms with Crippen molar-refractivity contribution in [3.63, 3.8) is 0 Å². The molecule has 1 amide bonds. The minimum Gasteiger partial charge on any atom is -0.273 e. The van der Waals surface area contributed by atoms with Crippen molar-refractivity contribution >= 4 is 17.3 Å². The average molecular weight is 298 g/mol. The molecule has 0 atom stereocenters. The number of nitro benzene ring substituents is 1. The van der Waals surface area contributed by atoms with Gasteiger partial charge in [0.25, 0.3) is 5.69 Å². The number of nitro groups is 1. The van der Waals surface area contributed by atoms with E-state index < -0.39 is 10.8 Å². The number of benzene rings is 1.